The number of aliphatic hydroxyl groups is 1. The number of hydrogen-bond donors (Lipinski definition) is 1. The minimum atomic E-state index is -0.409. The topological polar surface area (TPSA) is 23.5 Å². The minimum Gasteiger partial charge on any atom is -0.394 e. The molecule has 4 heteroatoms. The lowest BCUT2D eigenvalue weighted by atomic mass is 9.97. The molecule has 0 radical (unpaired) electrons. The number of halogens is 2. The Balaban J connectivity index is 1.83. The van der Waals surface area contributed by atoms with Crippen LogP contribution in [0, 0.1) is 17.6 Å². The molecule has 2 bridgehead atoms. The maximum Gasteiger partial charge on any atom is 0.127 e. The fourth-order valence-electron chi connectivity index (χ4n) is 3.51. The number of nitrogens with zero attached hydrogens (tertiary/aromatic N) is 1. The van der Waals surface area contributed by atoms with Crippen LogP contribution in [-0.2, 0) is 6.54 Å². The van der Waals surface area contributed by atoms with Crippen LogP contribution in [0.25, 0.3) is 0 Å². The molecule has 1 aromatic carbocycles. The third-order valence-electron chi connectivity index (χ3n) is 4.50. The average Bonchev–Trinajstić information content (AvgIpc) is 2.92. The van der Waals surface area contributed by atoms with Crippen molar-refractivity contribution in [3.63, 3.8) is 0 Å². The van der Waals surface area contributed by atoms with E-state index < -0.39 is 5.82 Å². The Hall–Kier alpha value is -1.00. The van der Waals surface area contributed by atoms with Crippen LogP contribution >= 0.6 is 0 Å². The van der Waals surface area contributed by atoms with Crippen LogP contribution in [0.5, 0.6) is 0 Å². The van der Waals surface area contributed by atoms with Gasteiger partial charge in [0, 0.05) is 24.2 Å². The molecule has 3 rings (SSSR count). The van der Waals surface area contributed by atoms with Gasteiger partial charge in [-0.05, 0) is 43.4 Å². The van der Waals surface area contributed by atoms with E-state index in [4.69, 9.17) is 0 Å². The molecular weight excluding hydrogens is 236 g/mol. The van der Waals surface area contributed by atoms with Gasteiger partial charge in [-0.1, -0.05) is 0 Å². The number of hydrogen-bond acceptors (Lipinski definition) is 2. The van der Waals surface area contributed by atoms with Crippen LogP contribution in [0.3, 0.4) is 0 Å². The van der Waals surface area contributed by atoms with Gasteiger partial charge in [0.15, 0.2) is 0 Å². The van der Waals surface area contributed by atoms with Crippen LogP contribution in [0.1, 0.15) is 24.8 Å². The van der Waals surface area contributed by atoms with E-state index in [-0.39, 0.29) is 18.0 Å². The van der Waals surface area contributed by atoms with E-state index in [2.05, 4.69) is 4.90 Å². The zero-order chi connectivity index (χ0) is 12.8. The van der Waals surface area contributed by atoms with Gasteiger partial charge >= 0.3 is 0 Å². The SMILES string of the molecule is OCC12CCC(CN1Cc1cc(F)ccc1F)C2. The molecule has 2 aliphatic rings. The Morgan fingerprint density at radius 2 is 2.22 bits per heavy atom. The smallest absolute Gasteiger partial charge is 0.127 e. The second-order valence-corrected chi connectivity index (χ2v) is 5.61. The third kappa shape index (κ3) is 1.84. The molecule has 1 aliphatic carbocycles. The molecule has 18 heavy (non-hydrogen) atoms. The number of aliphatic hydroxyl groups excluding tert-OH is 1. The predicted octanol–water partition coefficient (Wildman–Crippen LogP) is 2.31. The van der Waals surface area contributed by atoms with Crippen molar-refractivity contribution in [1.29, 1.82) is 0 Å². The summed E-state index contributed by atoms with van der Waals surface area (Å²) >= 11 is 0. The Morgan fingerprint density at radius 1 is 1.39 bits per heavy atom. The predicted molar refractivity (Wildman–Crippen MR) is 63.9 cm³/mol. The molecule has 0 spiro atoms. The number of piperidine rings is 1. The van der Waals surface area contributed by atoms with Crippen molar-refractivity contribution in [2.75, 3.05) is 13.2 Å². The van der Waals surface area contributed by atoms with Crippen molar-refractivity contribution in [3.05, 3.63) is 35.4 Å². The molecule has 1 aliphatic heterocycles. The normalized spacial score (nSPS) is 31.2. The van der Waals surface area contributed by atoms with Crippen LogP contribution in [0.2, 0.25) is 0 Å². The van der Waals surface area contributed by atoms with Crippen LogP contribution in [-0.4, -0.2) is 28.7 Å². The van der Waals surface area contributed by atoms with Gasteiger partial charge in [0.25, 0.3) is 0 Å². The lowest BCUT2D eigenvalue weighted by molar-refractivity contribution is 0.0464. The monoisotopic (exact) mass is 253 g/mol. The molecule has 1 saturated carbocycles. The summed E-state index contributed by atoms with van der Waals surface area (Å²) in [5.41, 5.74) is 0.194. The van der Waals surface area contributed by atoms with E-state index in [1.54, 1.807) is 0 Å². The van der Waals surface area contributed by atoms with Crippen molar-refractivity contribution in [1.82, 2.24) is 4.90 Å². The zero-order valence-corrected chi connectivity index (χ0v) is 10.2. The second kappa shape index (κ2) is 4.28. The molecular formula is C14H17F2NO. The summed E-state index contributed by atoms with van der Waals surface area (Å²) in [6.45, 7) is 1.39. The van der Waals surface area contributed by atoms with Gasteiger partial charge < -0.3 is 5.11 Å². The van der Waals surface area contributed by atoms with Gasteiger partial charge in [0.2, 0.25) is 0 Å². The summed E-state index contributed by atoms with van der Waals surface area (Å²) in [5, 5.41) is 9.61. The number of likely N-dealkylation sites (tertiary alicyclic amines) is 1. The van der Waals surface area contributed by atoms with E-state index in [0.717, 1.165) is 31.9 Å². The van der Waals surface area contributed by atoms with E-state index >= 15 is 0 Å². The number of fused-ring (bicyclic) bond motifs is 2. The number of rotatable bonds is 3. The van der Waals surface area contributed by atoms with Crippen molar-refractivity contribution in [2.24, 2.45) is 5.92 Å². The Morgan fingerprint density at radius 3 is 2.94 bits per heavy atom. The third-order valence-corrected chi connectivity index (χ3v) is 4.50. The Kier molecular flexibility index (Phi) is 2.87. The van der Waals surface area contributed by atoms with Crippen LogP contribution < -0.4 is 0 Å². The zero-order valence-electron chi connectivity index (χ0n) is 10.2. The van der Waals surface area contributed by atoms with E-state index in [0.29, 0.717) is 18.0 Å². The van der Waals surface area contributed by atoms with Crippen LogP contribution in [0.4, 0.5) is 8.78 Å². The van der Waals surface area contributed by atoms with E-state index in [1.165, 1.54) is 12.1 Å². The molecule has 0 aromatic heterocycles. The molecule has 98 valence electrons. The summed E-state index contributed by atoms with van der Waals surface area (Å²) in [5.74, 6) is -0.171. The molecule has 2 fully saturated rings. The first-order chi connectivity index (χ1) is 8.63. The second-order valence-electron chi connectivity index (χ2n) is 5.61. The highest BCUT2D eigenvalue weighted by Gasteiger charge is 2.49. The average molecular weight is 253 g/mol. The lowest BCUT2D eigenvalue weighted by Gasteiger charge is -2.37. The van der Waals surface area contributed by atoms with Crippen molar-refractivity contribution >= 4 is 0 Å². The Bertz CT molecular complexity index is 465. The largest absolute Gasteiger partial charge is 0.394 e. The fourth-order valence-corrected chi connectivity index (χ4v) is 3.51. The van der Waals surface area contributed by atoms with Crippen molar-refractivity contribution < 1.29 is 13.9 Å². The van der Waals surface area contributed by atoms with Gasteiger partial charge in [0.05, 0.1) is 6.61 Å². The summed E-state index contributed by atoms with van der Waals surface area (Å²) in [6, 6.07) is 3.56. The fraction of sp³-hybridized carbons (Fsp3) is 0.571. The molecule has 2 unspecified atom stereocenters. The van der Waals surface area contributed by atoms with Crippen LogP contribution in [0.15, 0.2) is 18.2 Å². The van der Waals surface area contributed by atoms with Crippen molar-refractivity contribution in [2.45, 2.75) is 31.3 Å². The van der Waals surface area contributed by atoms with Gasteiger partial charge in [-0.25, -0.2) is 8.78 Å². The summed E-state index contributed by atoms with van der Waals surface area (Å²) < 4.78 is 26.8. The van der Waals surface area contributed by atoms with Crippen molar-refractivity contribution in [3.8, 4) is 0 Å². The minimum absolute atomic E-state index is 0.112. The lowest BCUT2D eigenvalue weighted by Crippen LogP contribution is -2.47. The summed E-state index contributed by atoms with van der Waals surface area (Å²) in [7, 11) is 0. The molecule has 0 amide bonds. The molecule has 1 N–H and O–H groups in total. The maximum absolute atomic E-state index is 13.6. The van der Waals surface area contributed by atoms with E-state index in [1.807, 2.05) is 0 Å². The molecule has 1 aromatic rings. The van der Waals surface area contributed by atoms with Gasteiger partial charge in [-0.15, -0.1) is 0 Å². The van der Waals surface area contributed by atoms with Gasteiger partial charge in [0.1, 0.15) is 11.6 Å². The highest BCUT2D eigenvalue weighted by Crippen LogP contribution is 2.46. The maximum atomic E-state index is 13.6. The highest BCUT2D eigenvalue weighted by molar-refractivity contribution is 5.20. The Labute approximate surface area is 105 Å². The van der Waals surface area contributed by atoms with Gasteiger partial charge in [-0.2, -0.15) is 0 Å². The molecule has 2 nitrogen and oxygen atoms in total. The standard InChI is InChI=1S/C14H17F2NO/c15-12-1-2-13(16)11(5-12)8-17-7-10-3-4-14(17,6-10)9-18/h1-2,5,10,18H,3-4,6-9H2. The molecule has 1 heterocycles. The first-order valence-electron chi connectivity index (χ1n) is 6.43. The first-order valence-corrected chi connectivity index (χ1v) is 6.43. The number of benzene rings is 1. The van der Waals surface area contributed by atoms with Gasteiger partial charge in [-0.3, -0.25) is 4.90 Å². The summed E-state index contributed by atoms with van der Waals surface area (Å²) in [4.78, 5) is 2.12. The molecule has 1 saturated heterocycles. The molecule has 2 atom stereocenters. The summed E-state index contributed by atoms with van der Waals surface area (Å²) in [6.07, 6.45) is 3.09. The quantitative estimate of drug-likeness (QED) is 0.893. The first kappa shape index (κ1) is 12.1. The highest BCUT2D eigenvalue weighted by atomic mass is 19.1. The van der Waals surface area contributed by atoms with E-state index in [9.17, 15) is 13.9 Å².